The Kier molecular flexibility index (Phi) is 5.36. The number of benzene rings is 1. The van der Waals surface area contributed by atoms with Crippen molar-refractivity contribution < 1.29 is 9.84 Å². The van der Waals surface area contributed by atoms with Crippen LogP contribution >= 0.6 is 11.6 Å². The number of aromatic nitrogens is 2. The van der Waals surface area contributed by atoms with Crippen molar-refractivity contribution in [2.24, 2.45) is 0 Å². The summed E-state index contributed by atoms with van der Waals surface area (Å²) >= 11 is 5.71. The van der Waals surface area contributed by atoms with Crippen LogP contribution in [0.3, 0.4) is 0 Å². The van der Waals surface area contributed by atoms with E-state index in [-0.39, 0.29) is 6.10 Å². The minimum Gasteiger partial charge on any atom is -0.491 e. The number of hydrogen-bond donors (Lipinski definition) is 2. The van der Waals surface area contributed by atoms with Gasteiger partial charge in [-0.2, -0.15) is 0 Å². The minimum absolute atomic E-state index is 0.129. The van der Waals surface area contributed by atoms with Gasteiger partial charge < -0.3 is 15.2 Å². The van der Waals surface area contributed by atoms with Gasteiger partial charge in [-0.15, -0.1) is 0 Å². The first kappa shape index (κ1) is 15.5. The Morgan fingerprint density at radius 1 is 1.19 bits per heavy atom. The molecule has 0 spiro atoms. The molecule has 21 heavy (non-hydrogen) atoms. The zero-order chi connectivity index (χ0) is 15.2. The van der Waals surface area contributed by atoms with Gasteiger partial charge in [-0.1, -0.05) is 23.7 Å². The van der Waals surface area contributed by atoms with Crippen molar-refractivity contribution in [1.82, 2.24) is 9.97 Å². The number of nitrogens with zero attached hydrogens (tertiary/aromatic N) is 2. The highest BCUT2D eigenvalue weighted by Gasteiger charge is 2.08. The maximum atomic E-state index is 10.1. The maximum Gasteiger partial charge on any atom is 0.222 e. The third kappa shape index (κ3) is 4.88. The Balaban J connectivity index is 1.90. The highest BCUT2D eigenvalue weighted by molar-refractivity contribution is 6.30. The molecule has 0 aliphatic rings. The van der Waals surface area contributed by atoms with E-state index in [4.69, 9.17) is 16.3 Å². The molecule has 1 atom stereocenters. The smallest absolute Gasteiger partial charge is 0.222 e. The van der Waals surface area contributed by atoms with Gasteiger partial charge in [0.2, 0.25) is 5.95 Å². The van der Waals surface area contributed by atoms with Crippen molar-refractivity contribution in [2.75, 3.05) is 11.9 Å². The second-order valence-corrected chi connectivity index (χ2v) is 5.29. The predicted octanol–water partition coefficient (Wildman–Crippen LogP) is 3.06. The van der Waals surface area contributed by atoms with Crippen LogP contribution in [-0.2, 0) is 0 Å². The summed E-state index contributed by atoms with van der Waals surface area (Å²) in [6.45, 7) is 4.25. The quantitative estimate of drug-likeness (QED) is 0.858. The fourth-order valence-corrected chi connectivity index (χ4v) is 1.85. The largest absolute Gasteiger partial charge is 0.491 e. The van der Waals surface area contributed by atoms with Gasteiger partial charge >= 0.3 is 0 Å². The first-order valence-electron chi connectivity index (χ1n) is 6.70. The third-order valence-electron chi connectivity index (χ3n) is 2.71. The summed E-state index contributed by atoms with van der Waals surface area (Å²) in [7, 11) is 0. The van der Waals surface area contributed by atoms with E-state index in [0.717, 1.165) is 11.3 Å². The Hall–Kier alpha value is -1.85. The summed E-state index contributed by atoms with van der Waals surface area (Å²) in [5.74, 6) is 1.22. The monoisotopic (exact) mass is 307 g/mol. The molecule has 0 fully saturated rings. The van der Waals surface area contributed by atoms with Crippen LogP contribution in [0.25, 0.3) is 0 Å². The van der Waals surface area contributed by atoms with Crippen LogP contribution in [0.1, 0.15) is 25.5 Å². The summed E-state index contributed by atoms with van der Waals surface area (Å²) in [6, 6.07) is 7.37. The van der Waals surface area contributed by atoms with E-state index in [2.05, 4.69) is 15.3 Å². The van der Waals surface area contributed by atoms with E-state index in [9.17, 15) is 5.11 Å². The lowest BCUT2D eigenvalue weighted by molar-refractivity contribution is 0.191. The molecule has 0 radical (unpaired) electrons. The number of nitrogens with one attached hydrogen (secondary N) is 1. The van der Waals surface area contributed by atoms with Crippen LogP contribution in [0.15, 0.2) is 36.7 Å². The van der Waals surface area contributed by atoms with Crippen LogP contribution in [0.5, 0.6) is 5.75 Å². The summed E-state index contributed by atoms with van der Waals surface area (Å²) in [4.78, 5) is 8.01. The SMILES string of the molecule is CC(C)Oc1ccc([C@@H](O)CNc2ncc(Cl)cn2)cc1. The second-order valence-electron chi connectivity index (χ2n) is 4.86. The predicted molar refractivity (Wildman–Crippen MR) is 82.7 cm³/mol. The number of hydrogen-bond acceptors (Lipinski definition) is 5. The summed E-state index contributed by atoms with van der Waals surface area (Å²) in [5.41, 5.74) is 0.799. The highest BCUT2D eigenvalue weighted by atomic mass is 35.5. The average Bonchev–Trinajstić information content (AvgIpc) is 2.46. The molecule has 2 aromatic rings. The Bertz CT molecular complexity index is 558. The first-order valence-corrected chi connectivity index (χ1v) is 7.08. The lowest BCUT2D eigenvalue weighted by atomic mass is 10.1. The molecule has 0 aliphatic carbocycles. The fourth-order valence-electron chi connectivity index (χ4n) is 1.75. The lowest BCUT2D eigenvalue weighted by Crippen LogP contribution is -2.14. The first-order chi connectivity index (χ1) is 10.0. The average molecular weight is 308 g/mol. The number of ether oxygens (including phenoxy) is 1. The Labute approximate surface area is 129 Å². The van der Waals surface area contributed by atoms with E-state index in [1.165, 1.54) is 12.4 Å². The molecular formula is C15H18ClN3O2. The van der Waals surface area contributed by atoms with E-state index in [1.807, 2.05) is 38.1 Å². The van der Waals surface area contributed by atoms with Gasteiger partial charge in [-0.05, 0) is 31.5 Å². The number of anilines is 1. The molecule has 0 amide bonds. The van der Waals surface area contributed by atoms with Crippen molar-refractivity contribution in [3.63, 3.8) is 0 Å². The zero-order valence-electron chi connectivity index (χ0n) is 12.0. The summed E-state index contributed by atoms with van der Waals surface area (Å²) < 4.78 is 5.56. The molecule has 5 nitrogen and oxygen atoms in total. The normalized spacial score (nSPS) is 12.2. The Morgan fingerprint density at radius 2 is 1.81 bits per heavy atom. The molecule has 112 valence electrons. The number of rotatable bonds is 6. The molecule has 0 saturated heterocycles. The molecule has 1 aromatic heterocycles. The molecule has 1 heterocycles. The summed E-state index contributed by atoms with van der Waals surface area (Å²) in [5, 5.41) is 13.6. The molecule has 0 bridgehead atoms. The fraction of sp³-hybridized carbons (Fsp3) is 0.333. The van der Waals surface area contributed by atoms with Gasteiger partial charge in [-0.3, -0.25) is 0 Å². The van der Waals surface area contributed by atoms with Crippen molar-refractivity contribution in [3.05, 3.63) is 47.2 Å². The van der Waals surface area contributed by atoms with Crippen LogP contribution < -0.4 is 10.1 Å². The van der Waals surface area contributed by atoms with Crippen molar-refractivity contribution in [2.45, 2.75) is 26.1 Å². The Morgan fingerprint density at radius 3 is 2.38 bits per heavy atom. The number of aliphatic hydroxyl groups excluding tert-OH is 1. The molecule has 2 rings (SSSR count). The second kappa shape index (κ2) is 7.24. The van der Waals surface area contributed by atoms with Crippen LogP contribution in [0.4, 0.5) is 5.95 Å². The number of halogens is 1. The van der Waals surface area contributed by atoms with E-state index in [1.54, 1.807) is 0 Å². The molecule has 1 aromatic carbocycles. The molecule has 6 heteroatoms. The van der Waals surface area contributed by atoms with Crippen molar-refractivity contribution in [3.8, 4) is 5.75 Å². The third-order valence-corrected chi connectivity index (χ3v) is 2.91. The molecule has 2 N–H and O–H groups in total. The van der Waals surface area contributed by atoms with Crippen molar-refractivity contribution in [1.29, 1.82) is 0 Å². The van der Waals surface area contributed by atoms with E-state index < -0.39 is 6.10 Å². The maximum absolute atomic E-state index is 10.1. The molecule has 0 unspecified atom stereocenters. The zero-order valence-corrected chi connectivity index (χ0v) is 12.7. The minimum atomic E-state index is -0.655. The van der Waals surface area contributed by atoms with Crippen LogP contribution in [0, 0.1) is 0 Å². The lowest BCUT2D eigenvalue weighted by Gasteiger charge is -2.14. The number of aliphatic hydroxyl groups is 1. The highest BCUT2D eigenvalue weighted by Crippen LogP contribution is 2.19. The van der Waals surface area contributed by atoms with Crippen LogP contribution in [0.2, 0.25) is 5.02 Å². The van der Waals surface area contributed by atoms with Gasteiger partial charge in [0.25, 0.3) is 0 Å². The van der Waals surface area contributed by atoms with E-state index >= 15 is 0 Å². The summed E-state index contributed by atoms with van der Waals surface area (Å²) in [6.07, 6.45) is 2.48. The van der Waals surface area contributed by atoms with Crippen molar-refractivity contribution >= 4 is 17.5 Å². The van der Waals surface area contributed by atoms with Gasteiger partial charge in [0.1, 0.15) is 5.75 Å². The molecule has 0 saturated carbocycles. The van der Waals surface area contributed by atoms with Gasteiger partial charge in [-0.25, -0.2) is 9.97 Å². The molecule has 0 aliphatic heterocycles. The van der Waals surface area contributed by atoms with Crippen LogP contribution in [-0.4, -0.2) is 27.7 Å². The molecular weight excluding hydrogens is 290 g/mol. The van der Waals surface area contributed by atoms with Gasteiger partial charge in [0.15, 0.2) is 0 Å². The van der Waals surface area contributed by atoms with Gasteiger partial charge in [0.05, 0.1) is 29.6 Å². The standard InChI is InChI=1S/C15H18ClN3O2/c1-10(2)21-13-5-3-11(4-6-13)14(20)9-19-15-17-7-12(16)8-18-15/h3-8,10,14,20H,9H2,1-2H3,(H,17,18,19)/t14-/m0/s1. The van der Waals surface area contributed by atoms with Gasteiger partial charge in [0, 0.05) is 6.54 Å². The van der Waals surface area contributed by atoms with E-state index in [0.29, 0.717) is 17.5 Å². The topological polar surface area (TPSA) is 67.3 Å².